The standard InChI is InChI=1S/C17H27N5S/c1-12(2)16-14(11-22(6)20-16)10-21(5)17(18-4)19-9-15-8-7-13(3)23-15/h7-8,11-12H,9-10H2,1-6H3,(H,18,19). The zero-order valence-electron chi connectivity index (χ0n) is 14.9. The second kappa shape index (κ2) is 7.64. The van der Waals surface area contributed by atoms with Gasteiger partial charge in [-0.1, -0.05) is 13.8 Å². The summed E-state index contributed by atoms with van der Waals surface area (Å²) in [4.78, 5) is 9.19. The molecule has 0 aromatic carbocycles. The summed E-state index contributed by atoms with van der Waals surface area (Å²) in [7, 11) is 5.86. The van der Waals surface area contributed by atoms with Crippen molar-refractivity contribution in [3.63, 3.8) is 0 Å². The van der Waals surface area contributed by atoms with Crippen molar-refractivity contribution in [2.24, 2.45) is 12.0 Å². The first-order valence-corrected chi connectivity index (χ1v) is 8.72. The molecule has 2 aromatic heterocycles. The van der Waals surface area contributed by atoms with Crippen LogP contribution in [-0.4, -0.2) is 34.7 Å². The van der Waals surface area contributed by atoms with Crippen molar-refractivity contribution in [3.8, 4) is 0 Å². The molecule has 0 aliphatic carbocycles. The molecular weight excluding hydrogens is 306 g/mol. The Labute approximate surface area is 143 Å². The first kappa shape index (κ1) is 17.5. The van der Waals surface area contributed by atoms with Crippen LogP contribution < -0.4 is 5.32 Å². The highest BCUT2D eigenvalue weighted by atomic mass is 32.1. The third kappa shape index (κ3) is 4.58. The van der Waals surface area contributed by atoms with Gasteiger partial charge in [0.15, 0.2) is 5.96 Å². The number of nitrogens with zero attached hydrogens (tertiary/aromatic N) is 4. The Hall–Kier alpha value is -1.82. The first-order chi connectivity index (χ1) is 10.9. The highest BCUT2D eigenvalue weighted by Gasteiger charge is 2.15. The number of aryl methyl sites for hydroxylation is 2. The number of aromatic nitrogens is 2. The summed E-state index contributed by atoms with van der Waals surface area (Å²) in [5, 5.41) is 8.01. The summed E-state index contributed by atoms with van der Waals surface area (Å²) in [5.74, 6) is 1.32. The zero-order chi connectivity index (χ0) is 17.0. The largest absolute Gasteiger partial charge is 0.351 e. The predicted molar refractivity (Wildman–Crippen MR) is 98.0 cm³/mol. The molecule has 0 atom stereocenters. The Morgan fingerprint density at radius 3 is 2.74 bits per heavy atom. The summed E-state index contributed by atoms with van der Waals surface area (Å²) in [6.07, 6.45) is 2.10. The van der Waals surface area contributed by atoms with Crippen molar-refractivity contribution in [2.45, 2.75) is 39.8 Å². The van der Waals surface area contributed by atoms with Crippen LogP contribution in [0.25, 0.3) is 0 Å². The third-order valence-electron chi connectivity index (χ3n) is 3.68. The lowest BCUT2D eigenvalue weighted by molar-refractivity contribution is 0.473. The van der Waals surface area contributed by atoms with Crippen molar-refractivity contribution in [2.75, 3.05) is 14.1 Å². The number of hydrogen-bond acceptors (Lipinski definition) is 3. The third-order valence-corrected chi connectivity index (χ3v) is 4.68. The fourth-order valence-corrected chi connectivity index (χ4v) is 3.45. The summed E-state index contributed by atoms with van der Waals surface area (Å²) < 4.78 is 1.89. The molecule has 2 aromatic rings. The topological polar surface area (TPSA) is 45.5 Å². The molecule has 5 nitrogen and oxygen atoms in total. The highest BCUT2D eigenvalue weighted by molar-refractivity contribution is 7.11. The lowest BCUT2D eigenvalue weighted by Crippen LogP contribution is -2.38. The molecule has 0 saturated carbocycles. The van der Waals surface area contributed by atoms with E-state index in [1.165, 1.54) is 15.3 Å². The number of nitrogens with one attached hydrogen (secondary N) is 1. The highest BCUT2D eigenvalue weighted by Crippen LogP contribution is 2.19. The van der Waals surface area contributed by atoms with Crippen LogP contribution in [0.4, 0.5) is 0 Å². The van der Waals surface area contributed by atoms with Gasteiger partial charge in [-0.15, -0.1) is 11.3 Å². The van der Waals surface area contributed by atoms with Gasteiger partial charge in [0.05, 0.1) is 12.2 Å². The fourth-order valence-electron chi connectivity index (χ4n) is 2.62. The second-order valence-corrected chi connectivity index (χ2v) is 7.51. The van der Waals surface area contributed by atoms with E-state index in [2.05, 4.69) is 66.5 Å². The molecule has 23 heavy (non-hydrogen) atoms. The van der Waals surface area contributed by atoms with E-state index in [1.807, 2.05) is 30.1 Å². The Morgan fingerprint density at radius 2 is 2.17 bits per heavy atom. The number of guanidine groups is 1. The minimum absolute atomic E-state index is 0.420. The minimum Gasteiger partial charge on any atom is -0.351 e. The molecule has 0 aliphatic rings. The summed E-state index contributed by atoms with van der Waals surface area (Å²) in [6, 6.07) is 4.32. The molecule has 0 saturated heterocycles. The molecule has 0 bridgehead atoms. The van der Waals surface area contributed by atoms with Crippen LogP contribution in [0.3, 0.4) is 0 Å². The van der Waals surface area contributed by atoms with Gasteiger partial charge in [-0.05, 0) is 25.0 Å². The molecule has 6 heteroatoms. The maximum Gasteiger partial charge on any atom is 0.193 e. The van der Waals surface area contributed by atoms with E-state index in [1.54, 1.807) is 0 Å². The average molecular weight is 334 g/mol. The Morgan fingerprint density at radius 1 is 1.43 bits per heavy atom. The quantitative estimate of drug-likeness (QED) is 0.675. The van der Waals surface area contributed by atoms with E-state index in [4.69, 9.17) is 0 Å². The van der Waals surface area contributed by atoms with Crippen LogP contribution in [0.2, 0.25) is 0 Å². The van der Waals surface area contributed by atoms with Gasteiger partial charge in [-0.25, -0.2) is 0 Å². The van der Waals surface area contributed by atoms with Gasteiger partial charge in [-0.2, -0.15) is 5.10 Å². The number of rotatable bonds is 5. The fraction of sp³-hybridized carbons (Fsp3) is 0.529. The van der Waals surface area contributed by atoms with Crippen molar-refractivity contribution in [3.05, 3.63) is 39.3 Å². The molecule has 0 unspecified atom stereocenters. The predicted octanol–water partition coefficient (Wildman–Crippen LogP) is 3.12. The lowest BCUT2D eigenvalue weighted by atomic mass is 10.1. The van der Waals surface area contributed by atoms with Crippen LogP contribution in [0.15, 0.2) is 23.3 Å². The lowest BCUT2D eigenvalue weighted by Gasteiger charge is -2.22. The van der Waals surface area contributed by atoms with Gasteiger partial charge in [0.1, 0.15) is 0 Å². The molecule has 0 aliphatic heterocycles. The molecule has 126 valence electrons. The molecule has 0 spiro atoms. The summed E-state index contributed by atoms with van der Waals surface area (Å²) in [6.45, 7) is 8.09. The summed E-state index contributed by atoms with van der Waals surface area (Å²) in [5.41, 5.74) is 2.41. The second-order valence-electron chi connectivity index (χ2n) is 6.14. The number of hydrogen-bond donors (Lipinski definition) is 1. The van der Waals surface area contributed by atoms with E-state index >= 15 is 0 Å². The number of aliphatic imine (C=N–C) groups is 1. The van der Waals surface area contributed by atoms with Crippen molar-refractivity contribution < 1.29 is 0 Å². The van der Waals surface area contributed by atoms with Gasteiger partial charge < -0.3 is 10.2 Å². The molecule has 1 N–H and O–H groups in total. The Balaban J connectivity index is 2.01. The van der Waals surface area contributed by atoms with Crippen molar-refractivity contribution >= 4 is 17.3 Å². The van der Waals surface area contributed by atoms with E-state index in [0.29, 0.717) is 5.92 Å². The molecule has 0 fully saturated rings. The first-order valence-electron chi connectivity index (χ1n) is 7.90. The van der Waals surface area contributed by atoms with Crippen LogP contribution in [-0.2, 0) is 20.1 Å². The van der Waals surface area contributed by atoms with Crippen LogP contribution >= 0.6 is 11.3 Å². The normalized spacial score (nSPS) is 12.0. The van der Waals surface area contributed by atoms with Crippen LogP contribution in [0.5, 0.6) is 0 Å². The smallest absolute Gasteiger partial charge is 0.193 e. The van der Waals surface area contributed by atoms with E-state index < -0.39 is 0 Å². The van der Waals surface area contributed by atoms with Gasteiger partial charge in [-0.3, -0.25) is 9.67 Å². The van der Waals surface area contributed by atoms with Crippen molar-refractivity contribution in [1.29, 1.82) is 0 Å². The molecule has 0 amide bonds. The maximum absolute atomic E-state index is 4.58. The van der Waals surface area contributed by atoms with Crippen LogP contribution in [0.1, 0.15) is 40.8 Å². The summed E-state index contributed by atoms with van der Waals surface area (Å²) >= 11 is 1.82. The Bertz CT molecular complexity index is 668. The van der Waals surface area contributed by atoms with Crippen molar-refractivity contribution in [1.82, 2.24) is 20.0 Å². The van der Waals surface area contributed by atoms with E-state index in [0.717, 1.165) is 24.7 Å². The van der Waals surface area contributed by atoms with E-state index in [-0.39, 0.29) is 0 Å². The monoisotopic (exact) mass is 333 g/mol. The van der Waals surface area contributed by atoms with Gasteiger partial charge in [0, 0.05) is 49.2 Å². The molecule has 2 heterocycles. The average Bonchev–Trinajstić information content (AvgIpc) is 3.05. The molecule has 2 rings (SSSR count). The maximum atomic E-state index is 4.58. The molecule has 0 radical (unpaired) electrons. The van der Waals surface area contributed by atoms with Gasteiger partial charge in [0.2, 0.25) is 0 Å². The van der Waals surface area contributed by atoms with Gasteiger partial charge in [0.25, 0.3) is 0 Å². The number of thiophene rings is 1. The van der Waals surface area contributed by atoms with Crippen LogP contribution in [0, 0.1) is 6.92 Å². The van der Waals surface area contributed by atoms with Gasteiger partial charge >= 0.3 is 0 Å². The SMILES string of the molecule is CN=C(NCc1ccc(C)s1)N(C)Cc1cn(C)nc1C(C)C. The molecular formula is C17H27N5S. The Kier molecular flexibility index (Phi) is 5.82. The van der Waals surface area contributed by atoms with E-state index in [9.17, 15) is 0 Å². The zero-order valence-corrected chi connectivity index (χ0v) is 15.7. The minimum atomic E-state index is 0.420.